The molecule has 0 aliphatic carbocycles. The summed E-state index contributed by atoms with van der Waals surface area (Å²) in [4.78, 5) is 19.1. The van der Waals surface area contributed by atoms with Crippen molar-refractivity contribution in [3.05, 3.63) is 85.2 Å². The SMILES string of the molecule is C[C@H](c1ccccc1)c1cnc([C@]2(F)CN(C(=O)c3ccc(Br)c(Cl)c3)CCS2(=O)=O)s1. The molecule has 0 bridgehead atoms. The van der Waals surface area contributed by atoms with Gasteiger partial charge in [-0.1, -0.05) is 48.9 Å². The Morgan fingerprint density at radius 1 is 1.28 bits per heavy atom. The maximum absolute atomic E-state index is 16.2. The molecule has 1 saturated heterocycles. The zero-order valence-electron chi connectivity index (χ0n) is 17.0. The van der Waals surface area contributed by atoms with Crippen molar-refractivity contribution in [3.63, 3.8) is 0 Å². The van der Waals surface area contributed by atoms with Crippen LogP contribution in [0.4, 0.5) is 4.39 Å². The zero-order chi connectivity index (χ0) is 23.1. The van der Waals surface area contributed by atoms with Crippen LogP contribution in [0.15, 0.2) is 59.2 Å². The topological polar surface area (TPSA) is 67.3 Å². The van der Waals surface area contributed by atoms with Crippen LogP contribution in [-0.4, -0.2) is 43.1 Å². The van der Waals surface area contributed by atoms with Crippen LogP contribution in [0.3, 0.4) is 0 Å². The number of aromatic nitrogens is 1. The summed E-state index contributed by atoms with van der Waals surface area (Å²) in [6.45, 7) is 1.24. The van der Waals surface area contributed by atoms with E-state index in [-0.39, 0.29) is 23.0 Å². The van der Waals surface area contributed by atoms with Crippen LogP contribution in [0, 0.1) is 0 Å². The Balaban J connectivity index is 1.64. The molecule has 2 aromatic carbocycles. The van der Waals surface area contributed by atoms with E-state index >= 15 is 4.39 Å². The molecular formula is C22H19BrClFN2O3S2. The van der Waals surface area contributed by atoms with E-state index in [0.717, 1.165) is 21.8 Å². The quantitative estimate of drug-likeness (QED) is 0.431. The maximum atomic E-state index is 16.2. The van der Waals surface area contributed by atoms with Crippen molar-refractivity contribution in [2.75, 3.05) is 18.8 Å². The first-order valence-corrected chi connectivity index (χ1v) is 13.4. The lowest BCUT2D eigenvalue weighted by atomic mass is 10.0. The van der Waals surface area contributed by atoms with E-state index < -0.39 is 33.0 Å². The third-order valence-electron chi connectivity index (χ3n) is 5.54. The third kappa shape index (κ3) is 4.23. The average molecular weight is 558 g/mol. The van der Waals surface area contributed by atoms with Crippen molar-refractivity contribution >= 4 is 54.6 Å². The van der Waals surface area contributed by atoms with Crippen LogP contribution >= 0.6 is 38.9 Å². The van der Waals surface area contributed by atoms with Gasteiger partial charge < -0.3 is 4.90 Å². The van der Waals surface area contributed by atoms with E-state index in [4.69, 9.17) is 11.6 Å². The highest BCUT2D eigenvalue weighted by molar-refractivity contribution is 9.10. The molecule has 1 aliphatic heterocycles. The van der Waals surface area contributed by atoms with E-state index in [0.29, 0.717) is 9.50 Å². The van der Waals surface area contributed by atoms with Gasteiger partial charge in [-0.2, -0.15) is 0 Å². The van der Waals surface area contributed by atoms with Crippen LogP contribution in [0.5, 0.6) is 0 Å². The molecule has 0 saturated carbocycles. The lowest BCUT2D eigenvalue weighted by molar-refractivity contribution is 0.0666. The number of carbonyl (C=O) groups excluding carboxylic acids is 1. The van der Waals surface area contributed by atoms with Gasteiger partial charge in [0.15, 0.2) is 9.84 Å². The molecular weight excluding hydrogens is 539 g/mol. The summed E-state index contributed by atoms with van der Waals surface area (Å²) in [6.07, 6.45) is 1.52. The lowest BCUT2D eigenvalue weighted by Crippen LogP contribution is -2.53. The fraction of sp³-hybridized carbons (Fsp3) is 0.273. The Kier molecular flexibility index (Phi) is 6.46. The van der Waals surface area contributed by atoms with Gasteiger partial charge in [0.25, 0.3) is 10.9 Å². The second kappa shape index (κ2) is 8.85. The average Bonchev–Trinajstić information content (AvgIpc) is 3.28. The van der Waals surface area contributed by atoms with Gasteiger partial charge in [-0.05, 0) is 39.7 Å². The summed E-state index contributed by atoms with van der Waals surface area (Å²) in [5.74, 6) is -1.03. The second-order valence-corrected chi connectivity index (χ2v) is 12.2. The van der Waals surface area contributed by atoms with E-state index in [9.17, 15) is 13.2 Å². The van der Waals surface area contributed by atoms with E-state index in [2.05, 4.69) is 20.9 Å². The molecule has 0 unspecified atom stereocenters. The minimum absolute atomic E-state index is 0.0695. The predicted molar refractivity (Wildman–Crippen MR) is 128 cm³/mol. The molecule has 4 rings (SSSR count). The van der Waals surface area contributed by atoms with E-state index in [1.165, 1.54) is 17.2 Å². The van der Waals surface area contributed by atoms with Crippen LogP contribution in [-0.2, 0) is 14.8 Å². The summed E-state index contributed by atoms with van der Waals surface area (Å²) in [5, 5.41) is -2.58. The normalized spacial score (nSPS) is 21.3. The van der Waals surface area contributed by atoms with Crippen LogP contribution in [0.2, 0.25) is 5.02 Å². The number of nitrogens with zero attached hydrogens (tertiary/aromatic N) is 2. The smallest absolute Gasteiger partial charge is 0.278 e. The first-order valence-electron chi connectivity index (χ1n) is 9.79. The standard InChI is InChI=1S/C22H19BrClFN2O3S2/c1-14(15-5-3-2-4-6-15)19-12-26-21(31-19)22(25)13-27(9-10-32(22,29)30)20(28)16-7-8-17(23)18(24)11-16/h2-8,11-12,14H,9-10,13H2,1H3/t14-,22+/m1/s1. The zero-order valence-corrected chi connectivity index (χ0v) is 20.9. The Morgan fingerprint density at radius 2 is 2.00 bits per heavy atom. The fourth-order valence-corrected chi connectivity index (χ4v) is 6.92. The third-order valence-corrected chi connectivity index (χ3v) is 10.2. The highest BCUT2D eigenvalue weighted by Gasteiger charge is 2.53. The number of hydrogen-bond acceptors (Lipinski definition) is 5. The van der Waals surface area contributed by atoms with Gasteiger partial charge in [0.05, 0.1) is 17.3 Å². The minimum atomic E-state index is -4.16. The van der Waals surface area contributed by atoms with E-state index in [1.807, 2.05) is 37.3 Å². The molecule has 10 heteroatoms. The fourth-order valence-electron chi connectivity index (χ4n) is 3.57. The Labute approximate surface area is 203 Å². The first kappa shape index (κ1) is 23.4. The highest BCUT2D eigenvalue weighted by Crippen LogP contribution is 2.41. The summed E-state index contributed by atoms with van der Waals surface area (Å²) in [6, 6.07) is 14.3. The molecule has 32 heavy (non-hydrogen) atoms. The van der Waals surface area contributed by atoms with Gasteiger partial charge >= 0.3 is 0 Å². The maximum Gasteiger partial charge on any atom is 0.278 e. The molecule has 1 fully saturated rings. The van der Waals surface area contributed by atoms with Crippen molar-refractivity contribution in [2.45, 2.75) is 17.8 Å². The number of amides is 1. The first-order chi connectivity index (χ1) is 15.1. The lowest BCUT2D eigenvalue weighted by Gasteiger charge is -2.35. The summed E-state index contributed by atoms with van der Waals surface area (Å²) in [7, 11) is -4.16. The second-order valence-electron chi connectivity index (χ2n) is 7.60. The molecule has 168 valence electrons. The molecule has 1 aliphatic rings. The van der Waals surface area contributed by atoms with Crippen LogP contribution in [0.1, 0.15) is 38.6 Å². The van der Waals surface area contributed by atoms with Gasteiger partial charge in [0.2, 0.25) is 0 Å². The largest absolute Gasteiger partial charge is 0.333 e. The molecule has 2 heterocycles. The van der Waals surface area contributed by atoms with Gasteiger partial charge in [-0.15, -0.1) is 11.3 Å². The number of rotatable bonds is 4. The Hall–Kier alpha value is -1.81. The Bertz CT molecular complexity index is 1270. The molecule has 1 aromatic heterocycles. The number of hydrogen-bond donors (Lipinski definition) is 0. The summed E-state index contributed by atoms with van der Waals surface area (Å²) < 4.78 is 42.4. The Morgan fingerprint density at radius 3 is 2.69 bits per heavy atom. The number of benzene rings is 2. The monoisotopic (exact) mass is 556 g/mol. The van der Waals surface area contributed by atoms with E-state index in [1.54, 1.807) is 12.1 Å². The van der Waals surface area contributed by atoms with Gasteiger partial charge in [0.1, 0.15) is 5.01 Å². The minimum Gasteiger partial charge on any atom is -0.333 e. The highest BCUT2D eigenvalue weighted by atomic mass is 79.9. The molecule has 2 atom stereocenters. The number of sulfone groups is 1. The van der Waals surface area contributed by atoms with Crippen molar-refractivity contribution in [1.29, 1.82) is 0 Å². The van der Waals surface area contributed by atoms with Crippen molar-refractivity contribution in [1.82, 2.24) is 9.88 Å². The molecule has 1 amide bonds. The summed E-state index contributed by atoms with van der Waals surface area (Å²) >= 11 is 10.4. The van der Waals surface area contributed by atoms with Gasteiger partial charge in [0, 0.05) is 33.6 Å². The molecule has 5 nitrogen and oxygen atoms in total. The van der Waals surface area contributed by atoms with Gasteiger partial charge in [-0.3, -0.25) is 4.79 Å². The molecule has 0 N–H and O–H groups in total. The number of thiazole rings is 1. The van der Waals surface area contributed by atoms with Gasteiger partial charge in [-0.25, -0.2) is 17.8 Å². The number of halogens is 3. The number of carbonyl (C=O) groups is 1. The summed E-state index contributed by atoms with van der Waals surface area (Å²) in [5.41, 5.74) is 1.28. The van der Waals surface area contributed by atoms with Crippen molar-refractivity contribution in [3.8, 4) is 0 Å². The molecule has 0 radical (unpaired) electrons. The predicted octanol–water partition coefficient (Wildman–Crippen LogP) is 5.40. The van der Waals surface area contributed by atoms with Crippen molar-refractivity contribution in [2.24, 2.45) is 0 Å². The molecule has 0 spiro atoms. The number of alkyl halides is 1. The molecule has 3 aromatic rings. The van der Waals surface area contributed by atoms with Crippen molar-refractivity contribution < 1.29 is 17.6 Å². The van der Waals surface area contributed by atoms with Crippen LogP contribution < -0.4 is 0 Å². The van der Waals surface area contributed by atoms with Crippen LogP contribution in [0.25, 0.3) is 0 Å².